The fourth-order valence-corrected chi connectivity index (χ4v) is 3.04. The van der Waals surface area contributed by atoms with Crippen LogP contribution >= 0.6 is 11.8 Å². The third kappa shape index (κ3) is 5.26. The topological polar surface area (TPSA) is 79.8 Å². The molecular weight excluding hydrogens is 324 g/mol. The Bertz CT molecular complexity index is 731. The van der Waals surface area contributed by atoms with Gasteiger partial charge in [-0.3, -0.25) is 9.36 Å². The van der Waals surface area contributed by atoms with Crippen molar-refractivity contribution in [2.45, 2.75) is 56.6 Å². The first-order valence-corrected chi connectivity index (χ1v) is 8.82. The van der Waals surface area contributed by atoms with Gasteiger partial charge in [0.05, 0.1) is 5.25 Å². The summed E-state index contributed by atoms with van der Waals surface area (Å²) >= 11 is 1.28. The average Bonchev–Trinajstić information content (AvgIpc) is 2.84. The fourth-order valence-electron chi connectivity index (χ4n) is 2.16. The zero-order valence-electron chi connectivity index (χ0n) is 14.5. The van der Waals surface area contributed by atoms with Crippen LogP contribution in [0.15, 0.2) is 40.3 Å². The Morgan fingerprint density at radius 2 is 2.00 bits per heavy atom. The first kappa shape index (κ1) is 18.3. The maximum Gasteiger partial charge on any atom is 0.343 e. The van der Waals surface area contributed by atoms with Gasteiger partial charge < -0.3 is 5.32 Å². The molecule has 0 aliphatic carbocycles. The summed E-state index contributed by atoms with van der Waals surface area (Å²) in [6.07, 6.45) is 0.733. The molecule has 0 spiro atoms. The molecule has 1 amide bonds. The number of H-pyrrole nitrogens is 1. The molecule has 0 bridgehead atoms. The zero-order valence-corrected chi connectivity index (χ0v) is 15.3. The molecule has 6 nitrogen and oxygen atoms in total. The average molecular weight is 348 g/mol. The van der Waals surface area contributed by atoms with E-state index in [2.05, 4.69) is 15.5 Å². The Labute approximate surface area is 146 Å². The molecule has 0 fully saturated rings. The van der Waals surface area contributed by atoms with E-state index in [-0.39, 0.29) is 22.4 Å². The predicted octanol–water partition coefficient (Wildman–Crippen LogP) is 2.21. The molecule has 1 unspecified atom stereocenters. The molecule has 1 atom stereocenters. The lowest BCUT2D eigenvalue weighted by molar-refractivity contribution is -0.121. The molecular formula is C17H24N4O2S. The summed E-state index contributed by atoms with van der Waals surface area (Å²) in [7, 11) is 0. The minimum atomic E-state index is -0.338. The minimum Gasteiger partial charge on any atom is -0.351 e. The van der Waals surface area contributed by atoms with Crippen molar-refractivity contribution in [1.29, 1.82) is 0 Å². The highest BCUT2D eigenvalue weighted by Crippen LogP contribution is 2.21. The van der Waals surface area contributed by atoms with Crippen LogP contribution in [-0.4, -0.2) is 31.5 Å². The molecule has 24 heavy (non-hydrogen) atoms. The van der Waals surface area contributed by atoms with Gasteiger partial charge in [-0.25, -0.2) is 9.89 Å². The fraction of sp³-hybridized carbons (Fsp3) is 0.471. The molecule has 0 saturated carbocycles. The first-order chi connectivity index (χ1) is 11.3. The SMILES string of the molecule is CC(Sc1n[nH]c(=O)n1CCc1ccccc1)C(=O)NC(C)(C)C. The van der Waals surface area contributed by atoms with Gasteiger partial charge >= 0.3 is 5.69 Å². The number of hydrogen-bond donors (Lipinski definition) is 2. The van der Waals surface area contributed by atoms with E-state index in [0.717, 1.165) is 12.0 Å². The van der Waals surface area contributed by atoms with E-state index in [1.165, 1.54) is 11.8 Å². The maximum atomic E-state index is 12.2. The van der Waals surface area contributed by atoms with Crippen molar-refractivity contribution in [2.75, 3.05) is 0 Å². The molecule has 0 radical (unpaired) electrons. The number of nitrogens with zero attached hydrogens (tertiary/aromatic N) is 2. The van der Waals surface area contributed by atoms with Crippen LogP contribution in [0, 0.1) is 0 Å². The van der Waals surface area contributed by atoms with Crippen LogP contribution in [0.4, 0.5) is 0 Å². The number of carbonyl (C=O) groups is 1. The molecule has 2 aromatic rings. The van der Waals surface area contributed by atoms with Crippen molar-refractivity contribution in [3.05, 3.63) is 46.4 Å². The number of carbonyl (C=O) groups excluding carboxylic acids is 1. The van der Waals surface area contributed by atoms with Crippen molar-refractivity contribution in [2.24, 2.45) is 0 Å². The van der Waals surface area contributed by atoms with E-state index in [4.69, 9.17) is 0 Å². The molecule has 0 saturated heterocycles. The first-order valence-electron chi connectivity index (χ1n) is 7.94. The van der Waals surface area contributed by atoms with Crippen LogP contribution in [0.5, 0.6) is 0 Å². The Morgan fingerprint density at radius 1 is 1.33 bits per heavy atom. The van der Waals surface area contributed by atoms with Crippen molar-refractivity contribution < 1.29 is 4.79 Å². The zero-order chi connectivity index (χ0) is 17.7. The minimum absolute atomic E-state index is 0.0717. The lowest BCUT2D eigenvalue weighted by Crippen LogP contribution is -2.44. The smallest absolute Gasteiger partial charge is 0.343 e. The van der Waals surface area contributed by atoms with Crippen LogP contribution in [0.1, 0.15) is 33.3 Å². The summed E-state index contributed by atoms with van der Waals surface area (Å²) in [6, 6.07) is 9.96. The highest BCUT2D eigenvalue weighted by Gasteiger charge is 2.22. The molecule has 7 heteroatoms. The van der Waals surface area contributed by atoms with Crippen LogP contribution < -0.4 is 11.0 Å². The normalized spacial score (nSPS) is 12.8. The molecule has 1 aromatic carbocycles. The maximum absolute atomic E-state index is 12.2. The van der Waals surface area contributed by atoms with E-state index in [9.17, 15) is 9.59 Å². The molecule has 2 N–H and O–H groups in total. The summed E-state index contributed by atoms with van der Waals surface area (Å²) < 4.78 is 1.58. The number of amides is 1. The van der Waals surface area contributed by atoms with Gasteiger partial charge in [0.1, 0.15) is 0 Å². The molecule has 2 rings (SSSR count). The number of benzene rings is 1. The molecule has 1 aromatic heterocycles. The van der Waals surface area contributed by atoms with Gasteiger partial charge in [-0.2, -0.15) is 0 Å². The number of aromatic amines is 1. The summed E-state index contributed by atoms with van der Waals surface area (Å²) in [5.74, 6) is -0.0717. The number of aromatic nitrogens is 3. The monoisotopic (exact) mass is 348 g/mol. The van der Waals surface area contributed by atoms with Gasteiger partial charge in [0.15, 0.2) is 5.16 Å². The van der Waals surface area contributed by atoms with Crippen LogP contribution in [0.3, 0.4) is 0 Å². The van der Waals surface area contributed by atoms with E-state index >= 15 is 0 Å². The summed E-state index contributed by atoms with van der Waals surface area (Å²) in [5, 5.41) is 9.66. The summed E-state index contributed by atoms with van der Waals surface area (Å²) in [6.45, 7) is 8.15. The van der Waals surface area contributed by atoms with Gasteiger partial charge in [0, 0.05) is 12.1 Å². The third-order valence-electron chi connectivity index (χ3n) is 3.34. The van der Waals surface area contributed by atoms with Gasteiger partial charge in [0.2, 0.25) is 5.91 Å². The van der Waals surface area contributed by atoms with Gasteiger partial charge in [-0.15, -0.1) is 5.10 Å². The van der Waals surface area contributed by atoms with E-state index < -0.39 is 0 Å². The molecule has 130 valence electrons. The van der Waals surface area contributed by atoms with E-state index in [0.29, 0.717) is 11.7 Å². The van der Waals surface area contributed by atoms with Crippen molar-refractivity contribution in [3.63, 3.8) is 0 Å². The second-order valence-corrected chi connectivity index (χ2v) is 8.01. The number of thioether (sulfide) groups is 1. The Balaban J connectivity index is 2.04. The van der Waals surface area contributed by atoms with Crippen molar-refractivity contribution >= 4 is 17.7 Å². The molecule has 1 heterocycles. The summed E-state index contributed by atoms with van der Waals surface area (Å²) in [5.41, 5.74) is 0.613. The lowest BCUT2D eigenvalue weighted by Gasteiger charge is -2.22. The Kier molecular flexibility index (Phi) is 5.88. The van der Waals surface area contributed by atoms with Crippen LogP contribution in [0.25, 0.3) is 0 Å². The highest BCUT2D eigenvalue weighted by molar-refractivity contribution is 8.00. The summed E-state index contributed by atoms with van der Waals surface area (Å²) in [4.78, 5) is 24.2. The van der Waals surface area contributed by atoms with Crippen molar-refractivity contribution in [3.8, 4) is 0 Å². The van der Waals surface area contributed by atoms with E-state index in [1.54, 1.807) is 4.57 Å². The van der Waals surface area contributed by atoms with Gasteiger partial charge in [-0.05, 0) is 39.7 Å². The Morgan fingerprint density at radius 3 is 2.62 bits per heavy atom. The van der Waals surface area contributed by atoms with Crippen LogP contribution in [-0.2, 0) is 17.8 Å². The van der Waals surface area contributed by atoms with Crippen LogP contribution in [0.2, 0.25) is 0 Å². The second-order valence-electron chi connectivity index (χ2n) is 6.70. The number of nitrogens with one attached hydrogen (secondary N) is 2. The van der Waals surface area contributed by atoms with Crippen molar-refractivity contribution in [1.82, 2.24) is 20.1 Å². The lowest BCUT2D eigenvalue weighted by atomic mass is 10.1. The predicted molar refractivity (Wildman–Crippen MR) is 96.2 cm³/mol. The molecule has 0 aliphatic heterocycles. The highest BCUT2D eigenvalue weighted by atomic mass is 32.2. The largest absolute Gasteiger partial charge is 0.351 e. The number of hydrogen-bond acceptors (Lipinski definition) is 4. The van der Waals surface area contributed by atoms with Gasteiger partial charge in [0.25, 0.3) is 0 Å². The molecule has 0 aliphatic rings. The Hall–Kier alpha value is -2.02. The standard InChI is InChI=1S/C17H24N4O2S/c1-12(14(22)18-17(2,3)4)24-16-20-19-15(23)21(16)11-10-13-8-6-5-7-9-13/h5-9,12H,10-11H2,1-4H3,(H,18,22)(H,19,23). The van der Waals surface area contributed by atoms with Gasteiger partial charge in [-0.1, -0.05) is 42.1 Å². The second kappa shape index (κ2) is 7.70. The third-order valence-corrected chi connectivity index (χ3v) is 4.43. The number of rotatable bonds is 6. The number of aryl methyl sites for hydroxylation is 1. The quantitative estimate of drug-likeness (QED) is 0.785. The van der Waals surface area contributed by atoms with E-state index in [1.807, 2.05) is 58.0 Å².